The molecular weight excluding hydrogens is 284 g/mol. The molecule has 0 spiro atoms. The number of nitrogens with one attached hydrogen (secondary N) is 1. The van der Waals surface area contributed by atoms with Crippen molar-refractivity contribution in [2.24, 2.45) is 0 Å². The van der Waals surface area contributed by atoms with Crippen LogP contribution in [0.15, 0.2) is 48.5 Å². The van der Waals surface area contributed by atoms with Gasteiger partial charge in [-0.25, -0.2) is 0 Å². The van der Waals surface area contributed by atoms with Crippen LogP contribution in [0.2, 0.25) is 5.02 Å². The summed E-state index contributed by atoms with van der Waals surface area (Å²) >= 11 is 5.92. The van der Waals surface area contributed by atoms with Crippen molar-refractivity contribution in [2.45, 2.75) is 19.3 Å². The summed E-state index contributed by atoms with van der Waals surface area (Å²) < 4.78 is 0. The van der Waals surface area contributed by atoms with E-state index < -0.39 is 0 Å². The van der Waals surface area contributed by atoms with E-state index in [0.29, 0.717) is 13.0 Å². The molecule has 3 N–H and O–H groups in total. The van der Waals surface area contributed by atoms with Crippen molar-refractivity contribution in [3.63, 3.8) is 0 Å². The van der Waals surface area contributed by atoms with Gasteiger partial charge in [0, 0.05) is 23.7 Å². The second kappa shape index (κ2) is 7.70. The van der Waals surface area contributed by atoms with Gasteiger partial charge in [0.1, 0.15) is 0 Å². The molecule has 0 aromatic heterocycles. The summed E-state index contributed by atoms with van der Waals surface area (Å²) in [5.74, 6) is 0.0638. The van der Waals surface area contributed by atoms with Crippen LogP contribution in [0.25, 0.3) is 0 Å². The number of hydrogen-bond acceptors (Lipinski definition) is 2. The van der Waals surface area contributed by atoms with Gasteiger partial charge in [0.25, 0.3) is 0 Å². The summed E-state index contributed by atoms with van der Waals surface area (Å²) in [6.45, 7) is 0.626. The fourth-order valence-corrected chi connectivity index (χ4v) is 2.28. The maximum atomic E-state index is 11.8. The molecule has 0 heterocycles. The lowest BCUT2D eigenvalue weighted by Gasteiger charge is -2.06. The van der Waals surface area contributed by atoms with Crippen LogP contribution in [0.5, 0.6) is 0 Å². The fourth-order valence-electron chi connectivity index (χ4n) is 2.07. The van der Waals surface area contributed by atoms with E-state index in [4.69, 9.17) is 17.3 Å². The Morgan fingerprint density at radius 2 is 1.81 bits per heavy atom. The molecule has 21 heavy (non-hydrogen) atoms. The van der Waals surface area contributed by atoms with Crippen LogP contribution in [-0.2, 0) is 17.6 Å². The topological polar surface area (TPSA) is 55.1 Å². The van der Waals surface area contributed by atoms with E-state index >= 15 is 0 Å². The van der Waals surface area contributed by atoms with Gasteiger partial charge in [0.05, 0.1) is 0 Å². The van der Waals surface area contributed by atoms with Gasteiger partial charge >= 0.3 is 0 Å². The molecule has 4 heteroatoms. The minimum atomic E-state index is 0.0638. The second-order valence-corrected chi connectivity index (χ2v) is 5.41. The molecule has 0 bridgehead atoms. The largest absolute Gasteiger partial charge is 0.399 e. The minimum absolute atomic E-state index is 0.0638. The van der Waals surface area contributed by atoms with Crippen LogP contribution in [0.4, 0.5) is 5.69 Å². The zero-order chi connectivity index (χ0) is 15.1. The molecule has 0 fully saturated rings. The van der Waals surface area contributed by atoms with E-state index in [9.17, 15) is 4.79 Å². The number of hydrogen-bond donors (Lipinski definition) is 2. The molecule has 0 aliphatic heterocycles. The molecule has 0 radical (unpaired) electrons. The summed E-state index contributed by atoms with van der Waals surface area (Å²) in [4.78, 5) is 11.8. The number of halogens is 1. The Kier molecular flexibility index (Phi) is 5.64. The zero-order valence-electron chi connectivity index (χ0n) is 11.8. The lowest BCUT2D eigenvalue weighted by atomic mass is 10.1. The van der Waals surface area contributed by atoms with E-state index in [2.05, 4.69) is 5.32 Å². The van der Waals surface area contributed by atoms with E-state index in [1.807, 2.05) is 48.5 Å². The maximum absolute atomic E-state index is 11.8. The van der Waals surface area contributed by atoms with Crippen molar-refractivity contribution >= 4 is 23.2 Å². The summed E-state index contributed by atoms with van der Waals surface area (Å²) in [7, 11) is 0. The van der Waals surface area contributed by atoms with Crippen LogP contribution in [0.3, 0.4) is 0 Å². The Morgan fingerprint density at radius 3 is 2.52 bits per heavy atom. The number of aryl methyl sites for hydroxylation is 1. The molecular formula is C17H19ClN2O. The van der Waals surface area contributed by atoms with Crippen LogP contribution < -0.4 is 11.1 Å². The van der Waals surface area contributed by atoms with E-state index in [-0.39, 0.29) is 5.91 Å². The average molecular weight is 303 g/mol. The Hall–Kier alpha value is -2.00. The van der Waals surface area contributed by atoms with Crippen molar-refractivity contribution in [1.82, 2.24) is 5.32 Å². The summed E-state index contributed by atoms with van der Waals surface area (Å²) in [5.41, 5.74) is 8.61. The highest BCUT2D eigenvalue weighted by atomic mass is 35.5. The predicted octanol–water partition coefficient (Wildman–Crippen LogP) is 3.21. The molecule has 0 saturated heterocycles. The highest BCUT2D eigenvalue weighted by Crippen LogP contribution is 2.11. The highest BCUT2D eigenvalue weighted by Gasteiger charge is 2.02. The second-order valence-electron chi connectivity index (χ2n) is 4.97. The van der Waals surface area contributed by atoms with Gasteiger partial charge in [-0.05, 0) is 48.2 Å². The van der Waals surface area contributed by atoms with Crippen molar-refractivity contribution in [1.29, 1.82) is 0 Å². The first-order chi connectivity index (χ1) is 10.1. The standard InChI is InChI=1S/C17H19ClN2O/c18-15-3-1-2-14(12-15)10-11-20-17(21)9-6-13-4-7-16(19)8-5-13/h1-5,7-8,12H,6,9-11,19H2,(H,20,21). The highest BCUT2D eigenvalue weighted by molar-refractivity contribution is 6.30. The third kappa shape index (κ3) is 5.48. The van der Waals surface area contributed by atoms with Gasteiger partial charge in [0.15, 0.2) is 0 Å². The van der Waals surface area contributed by atoms with E-state index in [1.54, 1.807) is 0 Å². The Labute approximate surface area is 130 Å². The number of carbonyl (C=O) groups is 1. The van der Waals surface area contributed by atoms with Crippen LogP contribution in [0.1, 0.15) is 17.5 Å². The van der Waals surface area contributed by atoms with Gasteiger partial charge in [-0.15, -0.1) is 0 Å². The quantitative estimate of drug-likeness (QED) is 0.805. The van der Waals surface area contributed by atoms with Gasteiger partial charge in [-0.2, -0.15) is 0 Å². The first kappa shape index (κ1) is 15.4. The number of nitrogen functional groups attached to an aromatic ring is 1. The Balaban J connectivity index is 1.69. The van der Waals surface area contributed by atoms with Crippen molar-refractivity contribution in [3.05, 3.63) is 64.7 Å². The van der Waals surface area contributed by atoms with Crippen molar-refractivity contribution in [2.75, 3.05) is 12.3 Å². The Morgan fingerprint density at radius 1 is 1.05 bits per heavy atom. The SMILES string of the molecule is Nc1ccc(CCC(=O)NCCc2cccc(Cl)c2)cc1. The van der Waals surface area contributed by atoms with E-state index in [1.165, 1.54) is 0 Å². The van der Waals surface area contributed by atoms with Crippen LogP contribution in [-0.4, -0.2) is 12.5 Å². The van der Waals surface area contributed by atoms with Gasteiger partial charge in [-0.3, -0.25) is 4.79 Å². The fraction of sp³-hybridized carbons (Fsp3) is 0.235. The predicted molar refractivity (Wildman–Crippen MR) is 87.3 cm³/mol. The molecule has 110 valence electrons. The smallest absolute Gasteiger partial charge is 0.220 e. The van der Waals surface area contributed by atoms with E-state index in [0.717, 1.165) is 34.7 Å². The third-order valence-electron chi connectivity index (χ3n) is 3.25. The number of carbonyl (C=O) groups excluding carboxylic acids is 1. The monoisotopic (exact) mass is 302 g/mol. The molecule has 2 aromatic rings. The van der Waals surface area contributed by atoms with Crippen LogP contribution >= 0.6 is 11.6 Å². The normalized spacial score (nSPS) is 10.3. The first-order valence-corrected chi connectivity index (χ1v) is 7.37. The lowest BCUT2D eigenvalue weighted by Crippen LogP contribution is -2.25. The number of benzene rings is 2. The first-order valence-electron chi connectivity index (χ1n) is 6.99. The number of nitrogens with two attached hydrogens (primary N) is 1. The molecule has 1 amide bonds. The summed E-state index contributed by atoms with van der Waals surface area (Å²) in [6.07, 6.45) is 2.00. The third-order valence-corrected chi connectivity index (χ3v) is 3.48. The molecule has 0 saturated carbocycles. The molecule has 2 rings (SSSR count). The lowest BCUT2D eigenvalue weighted by molar-refractivity contribution is -0.121. The molecule has 3 nitrogen and oxygen atoms in total. The van der Waals surface area contributed by atoms with Crippen molar-refractivity contribution < 1.29 is 4.79 Å². The molecule has 2 aromatic carbocycles. The maximum Gasteiger partial charge on any atom is 0.220 e. The summed E-state index contributed by atoms with van der Waals surface area (Å²) in [5, 5.41) is 3.65. The Bertz CT molecular complexity index is 596. The van der Waals surface area contributed by atoms with Crippen LogP contribution in [0, 0.1) is 0 Å². The average Bonchev–Trinajstić information content (AvgIpc) is 2.47. The zero-order valence-corrected chi connectivity index (χ0v) is 12.6. The molecule has 0 atom stereocenters. The number of rotatable bonds is 6. The molecule has 0 aliphatic rings. The van der Waals surface area contributed by atoms with Gasteiger partial charge < -0.3 is 11.1 Å². The number of anilines is 1. The van der Waals surface area contributed by atoms with Crippen molar-refractivity contribution in [3.8, 4) is 0 Å². The molecule has 0 aliphatic carbocycles. The van der Waals surface area contributed by atoms with Gasteiger partial charge in [0.2, 0.25) is 5.91 Å². The molecule has 0 unspecified atom stereocenters. The summed E-state index contributed by atoms with van der Waals surface area (Å²) in [6, 6.07) is 15.3. The van der Waals surface area contributed by atoms with Gasteiger partial charge in [-0.1, -0.05) is 35.9 Å². The number of amides is 1. The minimum Gasteiger partial charge on any atom is -0.399 e.